The van der Waals surface area contributed by atoms with Crippen molar-refractivity contribution in [2.75, 3.05) is 13.7 Å². The van der Waals surface area contributed by atoms with Crippen molar-refractivity contribution in [3.63, 3.8) is 0 Å². The smallest absolute Gasteiger partial charge is 0.308 e. The van der Waals surface area contributed by atoms with E-state index in [4.69, 9.17) is 14.7 Å². The third-order valence-electron chi connectivity index (χ3n) is 7.01. The number of oxime groups is 1. The van der Waals surface area contributed by atoms with Crippen LogP contribution in [0.15, 0.2) is 106 Å². The zero-order chi connectivity index (χ0) is 29.5. The summed E-state index contributed by atoms with van der Waals surface area (Å²) in [5.74, 6) is -0.196. The lowest BCUT2D eigenvalue weighted by Gasteiger charge is -2.15. The van der Waals surface area contributed by atoms with Gasteiger partial charge in [0.1, 0.15) is 25.2 Å². The maximum Gasteiger partial charge on any atom is 0.308 e. The average Bonchev–Trinajstić information content (AvgIpc) is 3.31. The number of hydrogen-bond donors (Lipinski definition) is 1. The normalized spacial score (nSPS) is 13.5. The molecule has 214 valence electrons. The summed E-state index contributed by atoms with van der Waals surface area (Å²) in [6.45, 7) is 0.694. The second-order valence-corrected chi connectivity index (χ2v) is 10.8. The molecule has 0 fully saturated rings. The van der Waals surface area contributed by atoms with Gasteiger partial charge in [0.25, 0.3) is 0 Å². The Balaban J connectivity index is 1.24. The van der Waals surface area contributed by atoms with Crippen molar-refractivity contribution in [2.24, 2.45) is 5.16 Å². The van der Waals surface area contributed by atoms with Crippen molar-refractivity contribution in [1.82, 2.24) is 4.57 Å². The number of ketones is 1. The van der Waals surface area contributed by atoms with Gasteiger partial charge in [-0.15, -0.1) is 0 Å². The second-order valence-electron chi connectivity index (χ2n) is 9.79. The Morgan fingerprint density at radius 2 is 1.81 bits per heavy atom. The van der Waals surface area contributed by atoms with E-state index < -0.39 is 5.97 Å². The molecule has 1 N–H and O–H groups in total. The van der Waals surface area contributed by atoms with Crippen LogP contribution < -0.4 is 9.61 Å². The van der Waals surface area contributed by atoms with Crippen molar-refractivity contribution in [3.05, 3.63) is 122 Å². The standard InChI is InChI=1S/C33H30N2O6S/c1-40-34-32(24-6-3-2-4-7-24)25-12-16-28-30(21-25)42-33(39)35(28)18-19-41-26-14-10-22(11-15-26)20-27-23(13-17-31(37)38)8-5-9-29(27)36/h2-8,10-12,14-16,21H,9,13,17-20H2,1H3,(H,37,38). The highest BCUT2D eigenvalue weighted by molar-refractivity contribution is 7.16. The molecule has 5 rings (SSSR count). The minimum Gasteiger partial charge on any atom is -0.492 e. The summed E-state index contributed by atoms with van der Waals surface area (Å²) in [7, 11) is 1.51. The van der Waals surface area contributed by atoms with Gasteiger partial charge >= 0.3 is 10.8 Å². The molecule has 4 aromatic rings. The van der Waals surface area contributed by atoms with Gasteiger partial charge in [-0.3, -0.25) is 19.0 Å². The van der Waals surface area contributed by atoms with E-state index in [1.165, 1.54) is 18.4 Å². The van der Waals surface area contributed by atoms with Gasteiger partial charge in [-0.25, -0.2) is 0 Å². The van der Waals surface area contributed by atoms with Crippen LogP contribution in [0.25, 0.3) is 10.2 Å². The van der Waals surface area contributed by atoms with Crippen molar-refractivity contribution in [2.45, 2.75) is 32.2 Å². The van der Waals surface area contributed by atoms with Gasteiger partial charge in [0.2, 0.25) is 0 Å². The molecule has 9 heteroatoms. The second kappa shape index (κ2) is 13.3. The largest absolute Gasteiger partial charge is 0.492 e. The van der Waals surface area contributed by atoms with E-state index in [1.54, 1.807) is 10.6 Å². The van der Waals surface area contributed by atoms with Crippen molar-refractivity contribution >= 4 is 39.0 Å². The molecule has 0 spiro atoms. The van der Waals surface area contributed by atoms with Crippen LogP contribution in [0, 0.1) is 0 Å². The molecule has 1 heterocycles. The molecule has 8 nitrogen and oxygen atoms in total. The average molecular weight is 583 g/mol. The number of ether oxygens (including phenoxy) is 1. The molecule has 0 aliphatic heterocycles. The predicted molar refractivity (Wildman–Crippen MR) is 163 cm³/mol. The molecule has 0 saturated heterocycles. The van der Waals surface area contributed by atoms with Gasteiger partial charge in [0, 0.05) is 36.0 Å². The number of carbonyl (C=O) groups is 2. The molecule has 0 amide bonds. The van der Waals surface area contributed by atoms with Gasteiger partial charge in [-0.05, 0) is 41.8 Å². The monoisotopic (exact) mass is 582 g/mol. The molecule has 3 aromatic carbocycles. The van der Waals surface area contributed by atoms with Crippen LogP contribution in [0.5, 0.6) is 5.75 Å². The van der Waals surface area contributed by atoms with Crippen molar-refractivity contribution in [3.8, 4) is 5.75 Å². The zero-order valence-electron chi connectivity index (χ0n) is 23.1. The Labute approximate surface area is 246 Å². The number of fused-ring (bicyclic) bond motifs is 1. The third-order valence-corrected chi connectivity index (χ3v) is 7.96. The minimum absolute atomic E-state index is 0.0102. The summed E-state index contributed by atoms with van der Waals surface area (Å²) >= 11 is 1.18. The topological polar surface area (TPSA) is 107 Å². The summed E-state index contributed by atoms with van der Waals surface area (Å²) < 4.78 is 8.50. The van der Waals surface area contributed by atoms with Gasteiger partial charge < -0.3 is 14.7 Å². The number of aromatic nitrogens is 1. The number of thiazole rings is 1. The molecule has 42 heavy (non-hydrogen) atoms. The fraction of sp³-hybridized carbons (Fsp3) is 0.212. The zero-order valence-corrected chi connectivity index (χ0v) is 23.9. The molecule has 1 aromatic heterocycles. The number of carboxylic acids is 1. The van der Waals surface area contributed by atoms with E-state index in [0.717, 1.165) is 32.5 Å². The Morgan fingerprint density at radius 3 is 2.55 bits per heavy atom. The lowest BCUT2D eigenvalue weighted by Crippen LogP contribution is -2.17. The van der Waals surface area contributed by atoms with Gasteiger partial charge in [0.05, 0.1) is 16.8 Å². The molecular weight excluding hydrogens is 552 g/mol. The molecule has 0 atom stereocenters. The van der Waals surface area contributed by atoms with Gasteiger partial charge in [-0.1, -0.05) is 77.2 Å². The highest BCUT2D eigenvalue weighted by Gasteiger charge is 2.18. The lowest BCUT2D eigenvalue weighted by molar-refractivity contribution is -0.137. The van der Waals surface area contributed by atoms with E-state index in [0.29, 0.717) is 49.4 Å². The van der Waals surface area contributed by atoms with Crippen LogP contribution in [-0.2, 0) is 27.4 Å². The maximum absolute atomic E-state index is 12.8. The fourth-order valence-electron chi connectivity index (χ4n) is 4.95. The molecule has 0 bridgehead atoms. The number of Topliss-reactive ketones (excluding diaryl/α,β-unsaturated/α-hetero) is 1. The van der Waals surface area contributed by atoms with Crippen molar-refractivity contribution in [1.29, 1.82) is 0 Å². The highest BCUT2D eigenvalue weighted by atomic mass is 32.1. The van der Waals surface area contributed by atoms with E-state index >= 15 is 0 Å². The molecule has 1 aliphatic carbocycles. The molecule has 0 radical (unpaired) electrons. The molecule has 0 saturated carbocycles. The van der Waals surface area contributed by atoms with Gasteiger partial charge in [-0.2, -0.15) is 0 Å². The van der Waals surface area contributed by atoms with Crippen LogP contribution in [-0.4, -0.2) is 40.9 Å². The Kier molecular flexibility index (Phi) is 9.08. The summed E-state index contributed by atoms with van der Waals surface area (Å²) in [5, 5.41) is 13.2. The summed E-state index contributed by atoms with van der Waals surface area (Å²) in [5.41, 5.74) is 5.70. The number of carbonyl (C=O) groups excluding carboxylic acids is 1. The number of allylic oxidation sites excluding steroid dienone is 4. The predicted octanol–water partition coefficient (Wildman–Crippen LogP) is 5.77. The first-order valence-electron chi connectivity index (χ1n) is 13.6. The van der Waals surface area contributed by atoms with Crippen molar-refractivity contribution < 1.29 is 24.3 Å². The maximum atomic E-state index is 12.8. The van der Waals surface area contributed by atoms with Crippen LogP contribution >= 0.6 is 11.3 Å². The first-order chi connectivity index (χ1) is 20.4. The number of benzene rings is 3. The first-order valence-corrected chi connectivity index (χ1v) is 14.4. The SMILES string of the molecule is CON=C(c1ccccc1)c1ccc2c(c1)sc(=O)n2CCOc1ccc(CC2=C(CCC(=O)O)C=CCC2=O)cc1. The summed E-state index contributed by atoms with van der Waals surface area (Å²) in [6.07, 6.45) is 4.75. The van der Waals surface area contributed by atoms with Crippen LogP contribution in [0.4, 0.5) is 0 Å². The van der Waals surface area contributed by atoms with E-state index in [1.807, 2.05) is 78.9 Å². The number of rotatable bonds is 12. The van der Waals surface area contributed by atoms with E-state index in [-0.39, 0.29) is 17.1 Å². The van der Waals surface area contributed by atoms with Crippen LogP contribution in [0.3, 0.4) is 0 Å². The van der Waals surface area contributed by atoms with Gasteiger partial charge in [0.15, 0.2) is 5.78 Å². The van der Waals surface area contributed by atoms with Crippen LogP contribution in [0.2, 0.25) is 0 Å². The fourth-order valence-corrected chi connectivity index (χ4v) is 5.90. The Bertz CT molecular complexity index is 1750. The molecule has 0 unspecified atom stereocenters. The first kappa shape index (κ1) is 28.8. The quantitative estimate of drug-likeness (QED) is 0.168. The third kappa shape index (κ3) is 6.75. The van der Waals surface area contributed by atoms with Crippen LogP contribution in [0.1, 0.15) is 36.0 Å². The minimum atomic E-state index is -0.883. The molecular formula is C33H30N2O6S. The summed E-state index contributed by atoms with van der Waals surface area (Å²) in [4.78, 5) is 41.4. The molecule has 1 aliphatic rings. The number of nitrogens with zero attached hydrogens (tertiary/aromatic N) is 2. The highest BCUT2D eigenvalue weighted by Crippen LogP contribution is 2.25. The number of aliphatic carboxylic acids is 1. The number of hydrogen-bond acceptors (Lipinski definition) is 7. The Hall–Kier alpha value is -4.76. The van der Waals surface area contributed by atoms with E-state index in [9.17, 15) is 14.4 Å². The van der Waals surface area contributed by atoms with E-state index in [2.05, 4.69) is 5.16 Å². The summed E-state index contributed by atoms with van der Waals surface area (Å²) in [6, 6.07) is 23.1. The lowest BCUT2D eigenvalue weighted by atomic mass is 9.89. The Morgan fingerprint density at radius 1 is 1.02 bits per heavy atom. The number of carboxylic acid groups (broad SMARTS) is 1.